The van der Waals surface area contributed by atoms with Gasteiger partial charge in [-0.05, 0) is 31.4 Å². The molecule has 0 bridgehead atoms. The maximum absolute atomic E-state index is 11.9. The standard InChI is InChI=1S/C16H19NO3/c18-14-6-3-5-13(14)16(19)17-9-8-12-10-11-4-1-2-7-15(11)20-12/h1-2,4,7,10,13-14,18H,3,5-6,8-9H2,(H,17,19). The largest absolute Gasteiger partial charge is 0.461 e. The number of aliphatic hydroxyl groups is 1. The quantitative estimate of drug-likeness (QED) is 0.898. The number of rotatable bonds is 4. The van der Waals surface area contributed by atoms with Crippen LogP contribution in [0.3, 0.4) is 0 Å². The monoisotopic (exact) mass is 273 g/mol. The summed E-state index contributed by atoms with van der Waals surface area (Å²) in [5.74, 6) is 0.607. The Morgan fingerprint density at radius 3 is 2.95 bits per heavy atom. The van der Waals surface area contributed by atoms with Crippen LogP contribution < -0.4 is 5.32 Å². The zero-order chi connectivity index (χ0) is 13.9. The van der Waals surface area contributed by atoms with E-state index in [0.717, 1.165) is 36.0 Å². The van der Waals surface area contributed by atoms with Gasteiger partial charge in [-0.15, -0.1) is 0 Å². The summed E-state index contributed by atoms with van der Waals surface area (Å²) in [6.45, 7) is 0.544. The number of hydrogen-bond acceptors (Lipinski definition) is 3. The number of benzene rings is 1. The topological polar surface area (TPSA) is 62.5 Å². The fourth-order valence-corrected chi connectivity index (χ4v) is 2.85. The van der Waals surface area contributed by atoms with Gasteiger partial charge in [-0.25, -0.2) is 0 Å². The molecule has 106 valence electrons. The maximum atomic E-state index is 11.9. The fourth-order valence-electron chi connectivity index (χ4n) is 2.85. The predicted octanol–water partition coefficient (Wildman–Crippen LogP) is 2.25. The van der Waals surface area contributed by atoms with Crippen LogP contribution in [0.1, 0.15) is 25.0 Å². The van der Waals surface area contributed by atoms with Gasteiger partial charge < -0.3 is 14.8 Å². The number of aliphatic hydroxyl groups excluding tert-OH is 1. The van der Waals surface area contributed by atoms with Crippen LogP contribution >= 0.6 is 0 Å². The van der Waals surface area contributed by atoms with Crippen molar-refractivity contribution in [1.82, 2.24) is 5.32 Å². The van der Waals surface area contributed by atoms with Crippen LogP contribution in [-0.2, 0) is 11.2 Å². The first kappa shape index (κ1) is 13.2. The molecule has 1 aliphatic carbocycles. The Kier molecular flexibility index (Phi) is 3.74. The first-order valence-electron chi connectivity index (χ1n) is 7.17. The Morgan fingerprint density at radius 2 is 2.20 bits per heavy atom. The molecule has 1 aromatic carbocycles. The van der Waals surface area contributed by atoms with E-state index >= 15 is 0 Å². The zero-order valence-corrected chi connectivity index (χ0v) is 11.3. The summed E-state index contributed by atoms with van der Waals surface area (Å²) < 4.78 is 5.70. The van der Waals surface area contributed by atoms with Gasteiger partial charge in [-0.1, -0.05) is 18.2 Å². The Balaban J connectivity index is 1.53. The average Bonchev–Trinajstić information content (AvgIpc) is 3.04. The van der Waals surface area contributed by atoms with Gasteiger partial charge in [0.05, 0.1) is 12.0 Å². The van der Waals surface area contributed by atoms with Gasteiger partial charge in [0.2, 0.25) is 5.91 Å². The molecule has 4 nitrogen and oxygen atoms in total. The highest BCUT2D eigenvalue weighted by molar-refractivity contribution is 5.79. The number of nitrogens with one attached hydrogen (secondary N) is 1. The highest BCUT2D eigenvalue weighted by atomic mass is 16.3. The second-order valence-electron chi connectivity index (χ2n) is 5.40. The van der Waals surface area contributed by atoms with E-state index < -0.39 is 6.10 Å². The van der Waals surface area contributed by atoms with E-state index in [4.69, 9.17) is 4.42 Å². The number of carbonyl (C=O) groups excluding carboxylic acids is 1. The van der Waals surface area contributed by atoms with Gasteiger partial charge in [0, 0.05) is 18.4 Å². The first-order chi connectivity index (χ1) is 9.74. The molecule has 1 aromatic heterocycles. The molecule has 2 N–H and O–H groups in total. The minimum atomic E-state index is -0.471. The molecule has 1 heterocycles. The maximum Gasteiger partial charge on any atom is 0.225 e. The number of fused-ring (bicyclic) bond motifs is 1. The van der Waals surface area contributed by atoms with E-state index in [2.05, 4.69) is 5.32 Å². The van der Waals surface area contributed by atoms with Crippen LogP contribution in [0.4, 0.5) is 0 Å². The van der Waals surface area contributed by atoms with E-state index in [1.165, 1.54) is 0 Å². The molecular weight excluding hydrogens is 254 g/mol. The van der Waals surface area contributed by atoms with E-state index in [0.29, 0.717) is 13.0 Å². The molecule has 20 heavy (non-hydrogen) atoms. The normalized spacial score (nSPS) is 22.2. The van der Waals surface area contributed by atoms with Crippen molar-refractivity contribution in [3.8, 4) is 0 Å². The molecule has 2 atom stereocenters. The highest BCUT2D eigenvalue weighted by Crippen LogP contribution is 2.25. The van der Waals surface area contributed by atoms with Gasteiger partial charge in [-0.2, -0.15) is 0 Å². The lowest BCUT2D eigenvalue weighted by atomic mass is 10.1. The van der Waals surface area contributed by atoms with Gasteiger partial charge in [-0.3, -0.25) is 4.79 Å². The molecule has 1 aliphatic rings. The number of para-hydroxylation sites is 1. The van der Waals surface area contributed by atoms with Crippen molar-refractivity contribution in [2.75, 3.05) is 6.54 Å². The smallest absolute Gasteiger partial charge is 0.225 e. The predicted molar refractivity (Wildman–Crippen MR) is 76.3 cm³/mol. The lowest BCUT2D eigenvalue weighted by molar-refractivity contribution is -0.127. The molecule has 2 aromatic rings. The van der Waals surface area contributed by atoms with Crippen LogP contribution in [-0.4, -0.2) is 23.7 Å². The summed E-state index contributed by atoms with van der Waals surface area (Å²) >= 11 is 0. The van der Waals surface area contributed by atoms with Crippen LogP contribution in [0.2, 0.25) is 0 Å². The fraction of sp³-hybridized carbons (Fsp3) is 0.438. The van der Waals surface area contributed by atoms with E-state index in [1.54, 1.807) is 0 Å². The van der Waals surface area contributed by atoms with Gasteiger partial charge >= 0.3 is 0 Å². The van der Waals surface area contributed by atoms with Gasteiger partial charge in [0.25, 0.3) is 0 Å². The van der Waals surface area contributed by atoms with Crippen molar-refractivity contribution in [2.45, 2.75) is 31.8 Å². The first-order valence-corrected chi connectivity index (χ1v) is 7.17. The van der Waals surface area contributed by atoms with Crippen LogP contribution in [0.5, 0.6) is 0 Å². The van der Waals surface area contributed by atoms with Crippen molar-refractivity contribution in [2.24, 2.45) is 5.92 Å². The summed E-state index contributed by atoms with van der Waals surface area (Å²) in [6.07, 6.45) is 2.66. The third kappa shape index (κ3) is 2.70. The van der Waals surface area contributed by atoms with Crippen molar-refractivity contribution in [3.63, 3.8) is 0 Å². The minimum Gasteiger partial charge on any atom is -0.461 e. The summed E-state index contributed by atoms with van der Waals surface area (Å²) in [5.41, 5.74) is 0.875. The third-order valence-corrected chi connectivity index (χ3v) is 3.96. The number of hydrogen-bond donors (Lipinski definition) is 2. The molecule has 1 amide bonds. The molecule has 4 heteroatoms. The molecule has 2 unspecified atom stereocenters. The minimum absolute atomic E-state index is 0.0360. The van der Waals surface area contributed by atoms with Crippen LogP contribution in [0.15, 0.2) is 34.7 Å². The van der Waals surface area contributed by atoms with Crippen LogP contribution in [0, 0.1) is 5.92 Å². The molecule has 1 saturated carbocycles. The number of amides is 1. The van der Waals surface area contributed by atoms with Crippen molar-refractivity contribution >= 4 is 16.9 Å². The lowest BCUT2D eigenvalue weighted by Gasteiger charge is -2.13. The van der Waals surface area contributed by atoms with Gasteiger partial charge in [0.15, 0.2) is 0 Å². The van der Waals surface area contributed by atoms with Crippen molar-refractivity contribution in [1.29, 1.82) is 0 Å². The molecule has 0 saturated heterocycles. The molecule has 0 radical (unpaired) electrons. The van der Waals surface area contributed by atoms with E-state index in [-0.39, 0.29) is 11.8 Å². The van der Waals surface area contributed by atoms with Crippen LogP contribution in [0.25, 0.3) is 11.0 Å². The Hall–Kier alpha value is -1.81. The Bertz CT molecular complexity index is 572. The summed E-state index contributed by atoms with van der Waals surface area (Å²) in [5, 5.41) is 13.7. The average molecular weight is 273 g/mol. The number of furan rings is 1. The summed E-state index contributed by atoms with van der Waals surface area (Å²) in [4.78, 5) is 11.9. The molecule has 0 aliphatic heterocycles. The second-order valence-corrected chi connectivity index (χ2v) is 5.40. The third-order valence-electron chi connectivity index (χ3n) is 3.96. The molecular formula is C16H19NO3. The van der Waals surface area contributed by atoms with Crippen molar-refractivity contribution < 1.29 is 14.3 Å². The van der Waals surface area contributed by atoms with E-state index in [1.807, 2.05) is 30.3 Å². The molecule has 1 fully saturated rings. The zero-order valence-electron chi connectivity index (χ0n) is 11.3. The summed E-state index contributed by atoms with van der Waals surface area (Å²) in [7, 11) is 0. The van der Waals surface area contributed by atoms with Gasteiger partial charge in [0.1, 0.15) is 11.3 Å². The highest BCUT2D eigenvalue weighted by Gasteiger charge is 2.31. The van der Waals surface area contributed by atoms with Crippen molar-refractivity contribution in [3.05, 3.63) is 36.1 Å². The summed E-state index contributed by atoms with van der Waals surface area (Å²) in [6, 6.07) is 9.87. The number of carbonyl (C=O) groups is 1. The molecule has 3 rings (SSSR count). The lowest BCUT2D eigenvalue weighted by Crippen LogP contribution is -2.35. The Morgan fingerprint density at radius 1 is 1.35 bits per heavy atom. The Labute approximate surface area is 117 Å². The second kappa shape index (κ2) is 5.67. The SMILES string of the molecule is O=C(NCCc1cc2ccccc2o1)C1CCCC1O. The molecule has 0 spiro atoms. The van der Waals surface area contributed by atoms with E-state index in [9.17, 15) is 9.90 Å².